The summed E-state index contributed by atoms with van der Waals surface area (Å²) in [6, 6.07) is 3.47. The highest BCUT2D eigenvalue weighted by Gasteiger charge is 2.32. The number of nitrogens with two attached hydrogens (primary N) is 1. The SMILES string of the molecule is CC(C)(C)OC(=O)CN1CC(c2cccs2)SC[C@H](N)C1=O. The third-order valence-corrected chi connectivity index (χ3v) is 5.58. The van der Waals surface area contributed by atoms with Crippen molar-refractivity contribution in [2.75, 3.05) is 18.8 Å². The van der Waals surface area contributed by atoms with Gasteiger partial charge in [0.05, 0.1) is 11.3 Å². The van der Waals surface area contributed by atoms with Crippen LogP contribution in [0.25, 0.3) is 0 Å². The van der Waals surface area contributed by atoms with Gasteiger partial charge in [-0.15, -0.1) is 23.1 Å². The van der Waals surface area contributed by atoms with Crippen LogP contribution in [0.3, 0.4) is 0 Å². The van der Waals surface area contributed by atoms with E-state index in [1.807, 2.05) is 32.2 Å². The first-order valence-electron chi connectivity index (χ1n) is 7.17. The molecule has 2 atom stereocenters. The Morgan fingerprint density at radius 2 is 2.23 bits per heavy atom. The van der Waals surface area contributed by atoms with E-state index in [0.717, 1.165) is 0 Å². The lowest BCUT2D eigenvalue weighted by Gasteiger charge is -2.26. The van der Waals surface area contributed by atoms with Crippen molar-refractivity contribution < 1.29 is 14.3 Å². The number of ether oxygens (including phenoxy) is 1. The lowest BCUT2D eigenvalue weighted by molar-refractivity contribution is -0.159. The Labute approximate surface area is 139 Å². The van der Waals surface area contributed by atoms with Gasteiger partial charge >= 0.3 is 5.97 Å². The third kappa shape index (κ3) is 4.72. The summed E-state index contributed by atoms with van der Waals surface area (Å²) in [5, 5.41) is 2.17. The van der Waals surface area contributed by atoms with Gasteiger partial charge in [-0.25, -0.2) is 0 Å². The van der Waals surface area contributed by atoms with Crippen molar-refractivity contribution in [3.8, 4) is 0 Å². The zero-order valence-electron chi connectivity index (χ0n) is 13.1. The molecule has 0 radical (unpaired) electrons. The van der Waals surface area contributed by atoms with E-state index in [0.29, 0.717) is 12.3 Å². The quantitative estimate of drug-likeness (QED) is 0.851. The van der Waals surface area contributed by atoms with Crippen LogP contribution >= 0.6 is 23.1 Å². The molecule has 2 N–H and O–H groups in total. The van der Waals surface area contributed by atoms with Crippen LogP contribution in [0.2, 0.25) is 0 Å². The predicted molar refractivity (Wildman–Crippen MR) is 89.9 cm³/mol. The minimum atomic E-state index is -0.572. The fourth-order valence-electron chi connectivity index (χ4n) is 2.19. The molecule has 0 saturated carbocycles. The molecule has 1 aliphatic rings. The van der Waals surface area contributed by atoms with E-state index in [-0.39, 0.29) is 17.7 Å². The second kappa shape index (κ2) is 7.02. The van der Waals surface area contributed by atoms with E-state index >= 15 is 0 Å². The zero-order valence-corrected chi connectivity index (χ0v) is 14.7. The van der Waals surface area contributed by atoms with Gasteiger partial charge in [-0.1, -0.05) is 6.07 Å². The van der Waals surface area contributed by atoms with Gasteiger partial charge in [0.15, 0.2) is 0 Å². The Balaban J connectivity index is 2.08. The number of carbonyl (C=O) groups is 2. The van der Waals surface area contributed by atoms with Crippen LogP contribution in [0.5, 0.6) is 0 Å². The number of rotatable bonds is 3. The Kier molecular flexibility index (Phi) is 5.52. The number of hydrogen-bond donors (Lipinski definition) is 1. The second-order valence-electron chi connectivity index (χ2n) is 6.25. The molecule has 1 amide bonds. The van der Waals surface area contributed by atoms with E-state index in [9.17, 15) is 9.59 Å². The van der Waals surface area contributed by atoms with Crippen molar-refractivity contribution in [1.82, 2.24) is 4.90 Å². The highest BCUT2D eigenvalue weighted by molar-refractivity contribution is 7.99. The lowest BCUT2D eigenvalue weighted by atomic mass is 10.2. The molecule has 7 heteroatoms. The van der Waals surface area contributed by atoms with E-state index < -0.39 is 17.6 Å². The molecule has 1 aromatic heterocycles. The molecule has 0 aromatic carbocycles. The van der Waals surface area contributed by atoms with Crippen LogP contribution in [0.15, 0.2) is 17.5 Å². The molecule has 122 valence electrons. The Morgan fingerprint density at radius 3 is 2.82 bits per heavy atom. The Bertz CT molecular complexity index is 525. The first-order chi connectivity index (χ1) is 10.3. The average Bonchev–Trinajstić information content (AvgIpc) is 2.88. The summed E-state index contributed by atoms with van der Waals surface area (Å²) >= 11 is 3.32. The molecule has 1 aliphatic heterocycles. The number of carbonyl (C=O) groups excluding carboxylic acids is 2. The summed E-state index contributed by atoms with van der Waals surface area (Å²) in [6.07, 6.45) is 0. The molecule has 5 nitrogen and oxygen atoms in total. The van der Waals surface area contributed by atoms with Crippen LogP contribution < -0.4 is 5.73 Å². The van der Waals surface area contributed by atoms with Gasteiger partial charge in [0.1, 0.15) is 12.1 Å². The van der Waals surface area contributed by atoms with Crippen molar-refractivity contribution in [2.24, 2.45) is 5.73 Å². The lowest BCUT2D eigenvalue weighted by Crippen LogP contribution is -2.47. The maximum absolute atomic E-state index is 12.3. The molecule has 1 saturated heterocycles. The van der Waals surface area contributed by atoms with Crippen LogP contribution in [0.1, 0.15) is 30.9 Å². The summed E-state index contributed by atoms with van der Waals surface area (Å²) in [6.45, 7) is 5.87. The summed E-state index contributed by atoms with van der Waals surface area (Å²) in [4.78, 5) is 27.1. The molecular weight excluding hydrogens is 320 g/mol. The van der Waals surface area contributed by atoms with E-state index in [1.165, 1.54) is 9.78 Å². The first-order valence-corrected chi connectivity index (χ1v) is 9.10. The highest BCUT2D eigenvalue weighted by Crippen LogP contribution is 2.35. The number of esters is 1. The van der Waals surface area contributed by atoms with E-state index in [1.54, 1.807) is 23.1 Å². The van der Waals surface area contributed by atoms with Crippen molar-refractivity contribution >= 4 is 35.0 Å². The van der Waals surface area contributed by atoms with Crippen molar-refractivity contribution in [3.05, 3.63) is 22.4 Å². The van der Waals surface area contributed by atoms with E-state index in [4.69, 9.17) is 10.5 Å². The van der Waals surface area contributed by atoms with Gasteiger partial charge in [-0.2, -0.15) is 0 Å². The normalized spacial score (nSPS) is 23.3. The van der Waals surface area contributed by atoms with Crippen LogP contribution in [-0.2, 0) is 14.3 Å². The van der Waals surface area contributed by atoms with Crippen LogP contribution in [0, 0.1) is 0 Å². The standard InChI is InChI=1S/C15H22N2O3S2/c1-15(2,3)20-13(18)8-17-7-12(11-5-4-6-21-11)22-9-10(16)14(17)19/h4-6,10,12H,7-9,16H2,1-3H3/t10-,12?/m0/s1. The van der Waals surface area contributed by atoms with Crippen LogP contribution in [-0.4, -0.2) is 47.3 Å². The summed E-state index contributed by atoms with van der Waals surface area (Å²) in [7, 11) is 0. The van der Waals surface area contributed by atoms with Crippen molar-refractivity contribution in [2.45, 2.75) is 37.7 Å². The number of thiophene rings is 1. The summed E-state index contributed by atoms with van der Waals surface area (Å²) in [5.41, 5.74) is 5.37. The topological polar surface area (TPSA) is 72.6 Å². The molecule has 22 heavy (non-hydrogen) atoms. The number of nitrogens with zero attached hydrogens (tertiary/aromatic N) is 1. The van der Waals surface area contributed by atoms with Gasteiger partial charge < -0.3 is 15.4 Å². The molecular formula is C15H22N2O3S2. The fourth-order valence-corrected chi connectivity index (χ4v) is 4.37. The zero-order chi connectivity index (χ0) is 16.3. The molecule has 1 unspecified atom stereocenters. The smallest absolute Gasteiger partial charge is 0.326 e. The van der Waals surface area contributed by atoms with Gasteiger partial charge in [-0.3, -0.25) is 9.59 Å². The maximum Gasteiger partial charge on any atom is 0.326 e. The summed E-state index contributed by atoms with van der Waals surface area (Å²) in [5.74, 6) is -0.0195. The fraction of sp³-hybridized carbons (Fsp3) is 0.600. The maximum atomic E-state index is 12.3. The van der Waals surface area contributed by atoms with E-state index in [2.05, 4.69) is 6.07 Å². The molecule has 0 aliphatic carbocycles. The van der Waals surface area contributed by atoms with Crippen molar-refractivity contribution in [1.29, 1.82) is 0 Å². The molecule has 1 aromatic rings. The summed E-state index contributed by atoms with van der Waals surface area (Å²) < 4.78 is 5.31. The minimum absolute atomic E-state index is 0.0494. The monoisotopic (exact) mass is 342 g/mol. The van der Waals surface area contributed by atoms with Gasteiger partial charge in [0.25, 0.3) is 0 Å². The number of thioether (sulfide) groups is 1. The Morgan fingerprint density at radius 1 is 1.50 bits per heavy atom. The van der Waals surface area contributed by atoms with Gasteiger partial charge in [0, 0.05) is 17.2 Å². The Hall–Kier alpha value is -1.05. The van der Waals surface area contributed by atoms with Gasteiger partial charge in [0.2, 0.25) is 5.91 Å². The molecule has 0 spiro atoms. The molecule has 2 heterocycles. The van der Waals surface area contributed by atoms with Crippen LogP contribution in [0.4, 0.5) is 0 Å². The highest BCUT2D eigenvalue weighted by atomic mass is 32.2. The molecule has 2 rings (SSSR count). The number of hydrogen-bond acceptors (Lipinski definition) is 6. The first kappa shape index (κ1) is 17.3. The van der Waals surface area contributed by atoms with Gasteiger partial charge in [-0.05, 0) is 32.2 Å². The third-order valence-electron chi connectivity index (χ3n) is 3.09. The second-order valence-corrected chi connectivity index (χ2v) is 8.46. The predicted octanol–water partition coefficient (Wildman–Crippen LogP) is 2.03. The molecule has 0 bridgehead atoms. The molecule has 1 fully saturated rings. The number of amides is 1. The van der Waals surface area contributed by atoms with Crippen molar-refractivity contribution in [3.63, 3.8) is 0 Å². The largest absolute Gasteiger partial charge is 0.459 e. The average molecular weight is 342 g/mol. The minimum Gasteiger partial charge on any atom is -0.459 e.